The zero-order chi connectivity index (χ0) is 14.4. The van der Waals surface area contributed by atoms with E-state index in [-0.39, 0.29) is 18.2 Å². The van der Waals surface area contributed by atoms with Crippen molar-refractivity contribution in [3.8, 4) is 6.07 Å². The van der Waals surface area contributed by atoms with Gasteiger partial charge in [-0.15, -0.1) is 0 Å². The summed E-state index contributed by atoms with van der Waals surface area (Å²) in [5, 5.41) is 9.22. The predicted octanol–water partition coefficient (Wildman–Crippen LogP) is 1.54. The van der Waals surface area contributed by atoms with Crippen molar-refractivity contribution in [2.45, 2.75) is 44.9 Å². The molecular weight excluding hydrogens is 254 g/mol. The van der Waals surface area contributed by atoms with Gasteiger partial charge in [-0.1, -0.05) is 12.8 Å². The van der Waals surface area contributed by atoms with E-state index in [1.54, 1.807) is 9.80 Å². The highest BCUT2D eigenvalue weighted by Crippen LogP contribution is 2.17. The van der Waals surface area contributed by atoms with E-state index in [1.807, 2.05) is 6.07 Å². The fraction of sp³-hybridized carbons (Fsp3) is 0.800. The standard InChI is InChI=1S/C15H23N3O2/c16-12-13(11-14(19)17-7-5-6-8-17)15(20)18-9-3-1-2-4-10-18/h13H,1-11H2. The van der Waals surface area contributed by atoms with Crippen molar-refractivity contribution < 1.29 is 9.59 Å². The Kier molecular flexibility index (Phi) is 5.40. The van der Waals surface area contributed by atoms with Gasteiger partial charge in [0.1, 0.15) is 5.92 Å². The largest absolute Gasteiger partial charge is 0.343 e. The molecule has 2 amide bonds. The van der Waals surface area contributed by atoms with Gasteiger partial charge in [0.2, 0.25) is 11.8 Å². The molecule has 2 aliphatic rings. The molecule has 5 nitrogen and oxygen atoms in total. The van der Waals surface area contributed by atoms with Crippen LogP contribution in [0.3, 0.4) is 0 Å². The maximum absolute atomic E-state index is 12.4. The molecule has 0 aromatic carbocycles. The van der Waals surface area contributed by atoms with Crippen LogP contribution in [0.1, 0.15) is 44.9 Å². The van der Waals surface area contributed by atoms with Crippen LogP contribution in [0.25, 0.3) is 0 Å². The van der Waals surface area contributed by atoms with Gasteiger partial charge >= 0.3 is 0 Å². The number of rotatable bonds is 3. The fourth-order valence-corrected chi connectivity index (χ4v) is 2.97. The maximum atomic E-state index is 12.4. The van der Waals surface area contributed by atoms with Crippen LogP contribution in [-0.2, 0) is 9.59 Å². The molecule has 1 unspecified atom stereocenters. The molecule has 0 bridgehead atoms. The molecule has 0 aromatic heterocycles. The number of nitrogens with zero attached hydrogens (tertiary/aromatic N) is 3. The monoisotopic (exact) mass is 277 g/mol. The van der Waals surface area contributed by atoms with Gasteiger partial charge in [-0.05, 0) is 25.7 Å². The van der Waals surface area contributed by atoms with Crippen molar-refractivity contribution in [2.24, 2.45) is 5.92 Å². The van der Waals surface area contributed by atoms with Crippen molar-refractivity contribution in [1.29, 1.82) is 5.26 Å². The lowest BCUT2D eigenvalue weighted by Gasteiger charge is -2.24. The summed E-state index contributed by atoms with van der Waals surface area (Å²) in [4.78, 5) is 28.0. The lowest BCUT2D eigenvalue weighted by atomic mass is 10.0. The molecule has 1 atom stereocenters. The summed E-state index contributed by atoms with van der Waals surface area (Å²) >= 11 is 0. The molecular formula is C15H23N3O2. The summed E-state index contributed by atoms with van der Waals surface area (Å²) < 4.78 is 0. The highest BCUT2D eigenvalue weighted by Gasteiger charge is 2.29. The zero-order valence-corrected chi connectivity index (χ0v) is 12.0. The smallest absolute Gasteiger partial charge is 0.240 e. The number of hydrogen-bond acceptors (Lipinski definition) is 3. The van der Waals surface area contributed by atoms with Crippen LogP contribution in [0.2, 0.25) is 0 Å². The Morgan fingerprint density at radius 3 is 1.95 bits per heavy atom. The topological polar surface area (TPSA) is 64.4 Å². The average molecular weight is 277 g/mol. The van der Waals surface area contributed by atoms with Gasteiger partial charge < -0.3 is 9.80 Å². The molecule has 110 valence electrons. The van der Waals surface area contributed by atoms with E-state index in [4.69, 9.17) is 0 Å². The van der Waals surface area contributed by atoms with Crippen molar-refractivity contribution >= 4 is 11.8 Å². The summed E-state index contributed by atoms with van der Waals surface area (Å²) in [6.07, 6.45) is 6.41. The quantitative estimate of drug-likeness (QED) is 0.786. The van der Waals surface area contributed by atoms with Gasteiger partial charge in [-0.3, -0.25) is 9.59 Å². The normalized spacial score (nSPS) is 21.1. The van der Waals surface area contributed by atoms with Gasteiger partial charge in [0.15, 0.2) is 0 Å². The number of amides is 2. The third-order valence-electron chi connectivity index (χ3n) is 4.21. The molecule has 0 aromatic rings. The Bertz CT molecular complexity index is 388. The van der Waals surface area contributed by atoms with E-state index in [0.717, 1.165) is 64.7 Å². The lowest BCUT2D eigenvalue weighted by Crippen LogP contribution is -2.39. The Balaban J connectivity index is 1.91. The van der Waals surface area contributed by atoms with Gasteiger partial charge in [-0.2, -0.15) is 5.26 Å². The molecule has 2 rings (SSSR count). The summed E-state index contributed by atoms with van der Waals surface area (Å²) in [7, 11) is 0. The highest BCUT2D eigenvalue weighted by molar-refractivity contribution is 5.87. The Morgan fingerprint density at radius 1 is 0.900 bits per heavy atom. The van der Waals surface area contributed by atoms with Crippen LogP contribution in [0.15, 0.2) is 0 Å². The molecule has 2 aliphatic heterocycles. The highest BCUT2D eigenvalue weighted by atomic mass is 16.2. The second-order valence-electron chi connectivity index (χ2n) is 5.71. The van der Waals surface area contributed by atoms with E-state index in [0.29, 0.717) is 0 Å². The molecule has 0 aliphatic carbocycles. The minimum atomic E-state index is -0.804. The predicted molar refractivity (Wildman–Crippen MR) is 74.6 cm³/mol. The third kappa shape index (κ3) is 3.72. The van der Waals surface area contributed by atoms with Crippen molar-refractivity contribution in [1.82, 2.24) is 9.80 Å². The van der Waals surface area contributed by atoms with Crippen molar-refractivity contribution in [3.63, 3.8) is 0 Å². The fourth-order valence-electron chi connectivity index (χ4n) is 2.97. The van der Waals surface area contributed by atoms with E-state index in [9.17, 15) is 14.9 Å². The first-order valence-corrected chi connectivity index (χ1v) is 7.68. The lowest BCUT2D eigenvalue weighted by molar-refractivity contribution is -0.139. The van der Waals surface area contributed by atoms with Crippen LogP contribution < -0.4 is 0 Å². The van der Waals surface area contributed by atoms with Gasteiger partial charge in [0, 0.05) is 26.2 Å². The molecule has 20 heavy (non-hydrogen) atoms. The summed E-state index contributed by atoms with van der Waals surface area (Å²) in [5.41, 5.74) is 0. The maximum Gasteiger partial charge on any atom is 0.240 e. The van der Waals surface area contributed by atoms with E-state index >= 15 is 0 Å². The van der Waals surface area contributed by atoms with E-state index in [1.165, 1.54) is 0 Å². The number of carbonyl (C=O) groups is 2. The van der Waals surface area contributed by atoms with Crippen molar-refractivity contribution in [3.05, 3.63) is 0 Å². The summed E-state index contributed by atoms with van der Waals surface area (Å²) in [5.74, 6) is -1.000. The first-order chi connectivity index (χ1) is 9.72. The molecule has 0 N–H and O–H groups in total. The summed E-state index contributed by atoms with van der Waals surface area (Å²) in [6.45, 7) is 3.01. The van der Waals surface area contributed by atoms with Gasteiger partial charge in [-0.25, -0.2) is 0 Å². The average Bonchev–Trinajstić information content (AvgIpc) is 2.86. The van der Waals surface area contributed by atoms with Crippen LogP contribution >= 0.6 is 0 Å². The minimum absolute atomic E-state index is 0.0442. The Hall–Kier alpha value is -1.57. The number of hydrogen-bond donors (Lipinski definition) is 0. The zero-order valence-electron chi connectivity index (χ0n) is 12.0. The van der Waals surface area contributed by atoms with Gasteiger partial charge in [0.25, 0.3) is 0 Å². The molecule has 2 heterocycles. The van der Waals surface area contributed by atoms with E-state index < -0.39 is 5.92 Å². The Morgan fingerprint density at radius 2 is 1.40 bits per heavy atom. The molecule has 2 saturated heterocycles. The summed E-state index contributed by atoms with van der Waals surface area (Å²) in [6, 6.07) is 2.04. The molecule has 0 spiro atoms. The second-order valence-corrected chi connectivity index (χ2v) is 5.71. The SMILES string of the molecule is N#CC(CC(=O)N1CCCC1)C(=O)N1CCCCCC1. The minimum Gasteiger partial charge on any atom is -0.343 e. The number of nitriles is 1. The van der Waals surface area contributed by atoms with E-state index in [2.05, 4.69) is 0 Å². The molecule has 0 radical (unpaired) electrons. The van der Waals surface area contributed by atoms with Crippen molar-refractivity contribution in [2.75, 3.05) is 26.2 Å². The van der Waals surface area contributed by atoms with Crippen LogP contribution in [0.4, 0.5) is 0 Å². The molecule has 2 fully saturated rings. The van der Waals surface area contributed by atoms with Crippen LogP contribution in [-0.4, -0.2) is 47.8 Å². The molecule has 0 saturated carbocycles. The first-order valence-electron chi connectivity index (χ1n) is 7.68. The number of carbonyl (C=O) groups excluding carboxylic acids is 2. The Labute approximate surface area is 120 Å². The van der Waals surface area contributed by atoms with Gasteiger partial charge in [0.05, 0.1) is 12.5 Å². The second kappa shape index (κ2) is 7.28. The molecule has 5 heteroatoms. The first kappa shape index (κ1) is 14.8. The third-order valence-corrected chi connectivity index (χ3v) is 4.21. The van der Waals surface area contributed by atoms with Crippen LogP contribution in [0, 0.1) is 17.2 Å². The van der Waals surface area contributed by atoms with Crippen LogP contribution in [0.5, 0.6) is 0 Å². The number of likely N-dealkylation sites (tertiary alicyclic amines) is 2.